The molecule has 0 atom stereocenters. The van der Waals surface area contributed by atoms with E-state index < -0.39 is 5.97 Å². The van der Waals surface area contributed by atoms with Crippen LogP contribution in [0.3, 0.4) is 0 Å². The van der Waals surface area contributed by atoms with E-state index in [1.54, 1.807) is 30.7 Å². The van der Waals surface area contributed by atoms with E-state index in [0.29, 0.717) is 24.5 Å². The van der Waals surface area contributed by atoms with Crippen LogP contribution in [0.4, 0.5) is 0 Å². The molecule has 0 saturated heterocycles. The minimum Gasteiger partial charge on any atom is -0.492 e. The average molecular weight is 328 g/mol. The quantitative estimate of drug-likeness (QED) is 0.664. The molecule has 0 amide bonds. The fraction of sp³-hybridized carbons (Fsp3) is 0.235. The standard InChI is InChI=1S/C17H16N2O3S/c1-3-21-15-12-9-14(11-5-7-18-8-6-11)23-16(12)19-10-13(15)17(20)22-4-2/h5-10H,3-4H2,1-2H3. The van der Waals surface area contributed by atoms with Crippen molar-refractivity contribution in [3.63, 3.8) is 0 Å². The number of nitrogens with zero attached hydrogens (tertiary/aromatic N) is 2. The van der Waals surface area contributed by atoms with Crippen molar-refractivity contribution in [1.82, 2.24) is 9.97 Å². The predicted molar refractivity (Wildman–Crippen MR) is 90.0 cm³/mol. The second kappa shape index (κ2) is 6.75. The van der Waals surface area contributed by atoms with Gasteiger partial charge in [-0.1, -0.05) is 0 Å². The summed E-state index contributed by atoms with van der Waals surface area (Å²) < 4.78 is 10.8. The van der Waals surface area contributed by atoms with E-state index >= 15 is 0 Å². The van der Waals surface area contributed by atoms with Gasteiger partial charge in [-0.15, -0.1) is 11.3 Å². The molecule has 0 spiro atoms. The van der Waals surface area contributed by atoms with E-state index in [0.717, 1.165) is 20.7 Å². The Morgan fingerprint density at radius 1 is 1.22 bits per heavy atom. The zero-order valence-electron chi connectivity index (χ0n) is 12.9. The Labute approximate surface area is 137 Å². The number of hydrogen-bond donors (Lipinski definition) is 0. The molecule has 0 aliphatic carbocycles. The van der Waals surface area contributed by atoms with Crippen molar-refractivity contribution in [1.29, 1.82) is 0 Å². The third-order valence-electron chi connectivity index (χ3n) is 3.26. The van der Waals surface area contributed by atoms with Gasteiger partial charge in [0.25, 0.3) is 0 Å². The predicted octanol–water partition coefficient (Wildman–Crippen LogP) is 3.93. The zero-order chi connectivity index (χ0) is 16.2. The Morgan fingerprint density at radius 3 is 2.70 bits per heavy atom. The Kier molecular flexibility index (Phi) is 4.52. The molecule has 6 heteroatoms. The zero-order valence-corrected chi connectivity index (χ0v) is 13.7. The first-order valence-corrected chi connectivity index (χ1v) is 8.19. The number of fused-ring (bicyclic) bond motifs is 1. The smallest absolute Gasteiger partial charge is 0.343 e. The van der Waals surface area contributed by atoms with Crippen LogP contribution in [0, 0.1) is 0 Å². The second-order valence-corrected chi connectivity index (χ2v) is 5.75. The monoisotopic (exact) mass is 328 g/mol. The summed E-state index contributed by atoms with van der Waals surface area (Å²) in [4.78, 5) is 22.4. The molecule has 0 bridgehead atoms. The van der Waals surface area contributed by atoms with E-state index in [-0.39, 0.29) is 0 Å². The molecule has 3 aromatic rings. The number of carbonyl (C=O) groups is 1. The molecule has 3 heterocycles. The average Bonchev–Trinajstić information content (AvgIpc) is 3.01. The van der Waals surface area contributed by atoms with Gasteiger partial charge in [-0.2, -0.15) is 0 Å². The second-order valence-electron chi connectivity index (χ2n) is 4.72. The van der Waals surface area contributed by atoms with Crippen LogP contribution < -0.4 is 4.74 Å². The topological polar surface area (TPSA) is 61.3 Å². The fourth-order valence-corrected chi connectivity index (χ4v) is 3.29. The minimum absolute atomic E-state index is 0.314. The minimum atomic E-state index is -0.415. The van der Waals surface area contributed by atoms with Crippen LogP contribution in [0.2, 0.25) is 0 Å². The highest BCUT2D eigenvalue weighted by Gasteiger charge is 2.20. The highest BCUT2D eigenvalue weighted by Crippen LogP contribution is 2.38. The van der Waals surface area contributed by atoms with Crippen LogP contribution in [0.15, 0.2) is 36.8 Å². The molecule has 3 aromatic heterocycles. The van der Waals surface area contributed by atoms with Gasteiger partial charge >= 0.3 is 5.97 Å². The van der Waals surface area contributed by atoms with E-state index in [4.69, 9.17) is 9.47 Å². The van der Waals surface area contributed by atoms with Gasteiger partial charge in [0.2, 0.25) is 0 Å². The lowest BCUT2D eigenvalue weighted by Crippen LogP contribution is -2.08. The molecule has 23 heavy (non-hydrogen) atoms. The third kappa shape index (κ3) is 3.03. The van der Waals surface area contributed by atoms with Crippen LogP contribution in [0.5, 0.6) is 5.75 Å². The molecule has 3 rings (SSSR count). The lowest BCUT2D eigenvalue weighted by atomic mass is 10.1. The normalized spacial score (nSPS) is 10.7. The summed E-state index contributed by atoms with van der Waals surface area (Å²) in [5.41, 5.74) is 1.42. The van der Waals surface area contributed by atoms with E-state index in [1.807, 2.05) is 25.1 Å². The van der Waals surface area contributed by atoms with Crippen molar-refractivity contribution in [3.05, 3.63) is 42.4 Å². The van der Waals surface area contributed by atoms with Crippen LogP contribution in [-0.4, -0.2) is 29.2 Å². The molecule has 0 radical (unpaired) electrons. The summed E-state index contributed by atoms with van der Waals surface area (Å²) in [5.74, 6) is 0.120. The van der Waals surface area contributed by atoms with Gasteiger partial charge in [-0.25, -0.2) is 9.78 Å². The number of ether oxygens (including phenoxy) is 2. The molecule has 0 saturated carbocycles. The van der Waals surface area contributed by atoms with Crippen molar-refractivity contribution >= 4 is 27.5 Å². The van der Waals surface area contributed by atoms with Crippen molar-refractivity contribution < 1.29 is 14.3 Å². The van der Waals surface area contributed by atoms with Gasteiger partial charge in [0.1, 0.15) is 16.1 Å². The van der Waals surface area contributed by atoms with Crippen LogP contribution in [-0.2, 0) is 4.74 Å². The fourth-order valence-electron chi connectivity index (χ4n) is 2.28. The number of esters is 1. The highest BCUT2D eigenvalue weighted by atomic mass is 32.1. The van der Waals surface area contributed by atoms with Crippen molar-refractivity contribution in [3.8, 4) is 16.2 Å². The van der Waals surface area contributed by atoms with Crippen LogP contribution in [0.1, 0.15) is 24.2 Å². The molecule has 0 unspecified atom stereocenters. The van der Waals surface area contributed by atoms with Crippen molar-refractivity contribution in [2.75, 3.05) is 13.2 Å². The van der Waals surface area contributed by atoms with Gasteiger partial charge in [-0.3, -0.25) is 4.98 Å². The Balaban J connectivity index is 2.14. The van der Waals surface area contributed by atoms with Gasteiger partial charge in [0.15, 0.2) is 0 Å². The van der Waals surface area contributed by atoms with Gasteiger partial charge in [-0.05, 0) is 37.6 Å². The maximum Gasteiger partial charge on any atom is 0.343 e. The van der Waals surface area contributed by atoms with E-state index in [1.165, 1.54) is 6.20 Å². The molecule has 118 valence electrons. The Hall–Kier alpha value is -2.47. The Morgan fingerprint density at radius 2 is 2.00 bits per heavy atom. The number of carbonyl (C=O) groups excluding carboxylic acids is 1. The van der Waals surface area contributed by atoms with Crippen molar-refractivity contribution in [2.45, 2.75) is 13.8 Å². The maximum absolute atomic E-state index is 12.1. The Bertz CT molecular complexity index is 830. The molecular formula is C17H16N2O3S. The number of aromatic nitrogens is 2. The number of thiophene rings is 1. The largest absolute Gasteiger partial charge is 0.492 e. The molecule has 0 N–H and O–H groups in total. The molecule has 0 aliphatic heterocycles. The SMILES string of the molecule is CCOC(=O)c1cnc2sc(-c3ccncc3)cc2c1OCC. The first kappa shape index (κ1) is 15.4. The summed E-state index contributed by atoms with van der Waals surface area (Å²) in [6.45, 7) is 4.44. The number of hydrogen-bond acceptors (Lipinski definition) is 6. The lowest BCUT2D eigenvalue weighted by Gasteiger charge is -2.09. The maximum atomic E-state index is 12.1. The van der Waals surface area contributed by atoms with Gasteiger partial charge in [0, 0.05) is 23.5 Å². The number of pyridine rings is 2. The third-order valence-corrected chi connectivity index (χ3v) is 4.35. The lowest BCUT2D eigenvalue weighted by molar-refractivity contribution is 0.0522. The summed E-state index contributed by atoms with van der Waals surface area (Å²) in [6, 6.07) is 5.88. The molecule has 5 nitrogen and oxygen atoms in total. The van der Waals surface area contributed by atoms with Gasteiger partial charge in [0.05, 0.1) is 18.6 Å². The van der Waals surface area contributed by atoms with Crippen molar-refractivity contribution in [2.24, 2.45) is 0 Å². The first-order valence-electron chi connectivity index (χ1n) is 7.37. The van der Waals surface area contributed by atoms with Gasteiger partial charge < -0.3 is 9.47 Å². The summed E-state index contributed by atoms with van der Waals surface area (Å²) in [5, 5.41) is 0.828. The van der Waals surface area contributed by atoms with Crippen LogP contribution >= 0.6 is 11.3 Å². The van der Waals surface area contributed by atoms with E-state index in [2.05, 4.69) is 9.97 Å². The first-order chi connectivity index (χ1) is 11.2. The summed E-state index contributed by atoms with van der Waals surface area (Å²) in [7, 11) is 0. The molecule has 0 aliphatic rings. The molecular weight excluding hydrogens is 312 g/mol. The molecule has 0 aromatic carbocycles. The summed E-state index contributed by atoms with van der Waals surface area (Å²) >= 11 is 1.55. The number of rotatable bonds is 5. The highest BCUT2D eigenvalue weighted by molar-refractivity contribution is 7.21. The van der Waals surface area contributed by atoms with Crippen LogP contribution in [0.25, 0.3) is 20.7 Å². The summed E-state index contributed by atoms with van der Waals surface area (Å²) in [6.07, 6.45) is 5.03. The molecule has 0 fully saturated rings. The van der Waals surface area contributed by atoms with E-state index in [9.17, 15) is 4.79 Å².